The van der Waals surface area contributed by atoms with Crippen LogP contribution in [-0.2, 0) is 17.8 Å². The van der Waals surface area contributed by atoms with E-state index in [1.165, 1.54) is 0 Å². The molecule has 0 atom stereocenters. The van der Waals surface area contributed by atoms with E-state index < -0.39 is 11.5 Å². The van der Waals surface area contributed by atoms with Crippen molar-refractivity contribution in [1.29, 1.82) is 0 Å². The Morgan fingerprint density at radius 3 is 2.62 bits per heavy atom. The first kappa shape index (κ1) is 17.3. The standard InChI is InChI=1S/C19H17N3O4/c23-17(24)10-9-16-19(25)20-18(22-21-16)14-7-4-8-15(11-14)26-12-13-5-2-1-3-6-13/h1-8,11H,9-10,12H2,(H,23,24)(H,20,22,25). The maximum atomic E-state index is 12.0. The lowest BCUT2D eigenvalue weighted by Gasteiger charge is -2.08. The lowest BCUT2D eigenvalue weighted by atomic mass is 10.2. The van der Waals surface area contributed by atoms with Crippen LogP contribution in [0.5, 0.6) is 5.75 Å². The third kappa shape index (κ3) is 4.54. The molecule has 7 heteroatoms. The van der Waals surface area contributed by atoms with Crippen molar-refractivity contribution in [3.63, 3.8) is 0 Å². The van der Waals surface area contributed by atoms with Crippen LogP contribution in [0.3, 0.4) is 0 Å². The Morgan fingerprint density at radius 1 is 1.08 bits per heavy atom. The number of carboxylic acids is 1. The highest BCUT2D eigenvalue weighted by atomic mass is 16.5. The van der Waals surface area contributed by atoms with Crippen molar-refractivity contribution in [2.24, 2.45) is 0 Å². The first-order valence-corrected chi connectivity index (χ1v) is 8.06. The zero-order valence-corrected chi connectivity index (χ0v) is 13.9. The van der Waals surface area contributed by atoms with Gasteiger partial charge >= 0.3 is 5.97 Å². The van der Waals surface area contributed by atoms with Gasteiger partial charge < -0.3 is 14.8 Å². The molecule has 132 valence electrons. The molecule has 0 radical (unpaired) electrons. The van der Waals surface area contributed by atoms with Crippen molar-refractivity contribution in [2.45, 2.75) is 19.4 Å². The number of nitrogens with zero attached hydrogens (tertiary/aromatic N) is 2. The van der Waals surface area contributed by atoms with Crippen LogP contribution in [-0.4, -0.2) is 26.3 Å². The van der Waals surface area contributed by atoms with E-state index in [2.05, 4.69) is 15.2 Å². The van der Waals surface area contributed by atoms with Crippen molar-refractivity contribution < 1.29 is 14.6 Å². The Bertz CT molecular complexity index is 954. The average molecular weight is 351 g/mol. The van der Waals surface area contributed by atoms with Gasteiger partial charge in [0.1, 0.15) is 18.1 Å². The molecular formula is C19H17N3O4. The number of aliphatic carboxylic acids is 1. The number of carbonyl (C=O) groups is 1. The maximum Gasteiger partial charge on any atom is 0.303 e. The second-order valence-electron chi connectivity index (χ2n) is 5.65. The molecule has 3 rings (SSSR count). The summed E-state index contributed by atoms with van der Waals surface area (Å²) in [6.07, 6.45) is -0.127. The molecule has 3 aromatic rings. The summed E-state index contributed by atoms with van der Waals surface area (Å²) >= 11 is 0. The van der Waals surface area contributed by atoms with Crippen LogP contribution in [0, 0.1) is 0 Å². The molecule has 2 aromatic carbocycles. The molecule has 0 aliphatic carbocycles. The smallest absolute Gasteiger partial charge is 0.303 e. The van der Waals surface area contributed by atoms with Crippen LogP contribution < -0.4 is 10.3 Å². The molecule has 0 bridgehead atoms. The minimum Gasteiger partial charge on any atom is -0.489 e. The van der Waals surface area contributed by atoms with Crippen molar-refractivity contribution in [1.82, 2.24) is 15.2 Å². The summed E-state index contributed by atoms with van der Waals surface area (Å²) in [7, 11) is 0. The summed E-state index contributed by atoms with van der Waals surface area (Å²) in [4.78, 5) is 25.3. The molecular weight excluding hydrogens is 334 g/mol. The zero-order chi connectivity index (χ0) is 18.4. The lowest BCUT2D eigenvalue weighted by Crippen LogP contribution is -2.18. The quantitative estimate of drug-likeness (QED) is 0.677. The Labute approximate surface area is 149 Å². The van der Waals surface area contributed by atoms with Gasteiger partial charge in [0, 0.05) is 12.0 Å². The van der Waals surface area contributed by atoms with Gasteiger partial charge in [0.05, 0.1) is 6.42 Å². The molecule has 1 heterocycles. The Hall–Kier alpha value is -3.48. The highest BCUT2D eigenvalue weighted by Gasteiger charge is 2.09. The molecule has 0 fully saturated rings. The third-order valence-corrected chi connectivity index (χ3v) is 3.70. The number of aryl methyl sites for hydroxylation is 1. The molecule has 0 aliphatic heterocycles. The molecule has 0 spiro atoms. The van der Waals surface area contributed by atoms with E-state index in [1.807, 2.05) is 36.4 Å². The van der Waals surface area contributed by atoms with Gasteiger partial charge in [-0.2, -0.15) is 0 Å². The third-order valence-electron chi connectivity index (χ3n) is 3.70. The van der Waals surface area contributed by atoms with Crippen LogP contribution in [0.4, 0.5) is 0 Å². The first-order valence-electron chi connectivity index (χ1n) is 8.06. The SMILES string of the molecule is O=C(O)CCc1nnc(-c2cccc(OCc3ccccc3)c2)[nH]c1=O. The molecule has 2 N–H and O–H groups in total. The summed E-state index contributed by atoms with van der Waals surface area (Å²) in [6.45, 7) is 0.431. The van der Waals surface area contributed by atoms with E-state index in [0.717, 1.165) is 5.56 Å². The van der Waals surface area contributed by atoms with Gasteiger partial charge in [0.2, 0.25) is 0 Å². The minimum absolute atomic E-state index is 0.0399. The molecule has 0 saturated heterocycles. The fourth-order valence-electron chi connectivity index (χ4n) is 2.35. The fourth-order valence-corrected chi connectivity index (χ4v) is 2.35. The van der Waals surface area contributed by atoms with Crippen molar-refractivity contribution in [3.05, 3.63) is 76.2 Å². The summed E-state index contributed by atoms with van der Waals surface area (Å²) in [5, 5.41) is 16.5. The summed E-state index contributed by atoms with van der Waals surface area (Å²) < 4.78 is 5.77. The number of ether oxygens (including phenoxy) is 1. The number of benzene rings is 2. The number of rotatable bonds is 7. The number of carboxylic acid groups (broad SMARTS) is 1. The fraction of sp³-hybridized carbons (Fsp3) is 0.158. The van der Waals surface area contributed by atoms with Gasteiger partial charge in [-0.25, -0.2) is 0 Å². The van der Waals surface area contributed by atoms with Gasteiger partial charge in [-0.05, 0) is 17.7 Å². The molecule has 0 unspecified atom stereocenters. The van der Waals surface area contributed by atoms with Gasteiger partial charge in [-0.3, -0.25) is 9.59 Å². The van der Waals surface area contributed by atoms with E-state index in [9.17, 15) is 9.59 Å². The summed E-state index contributed by atoms with van der Waals surface area (Å²) in [5.74, 6) is -0.0401. The molecule has 0 aliphatic rings. The second kappa shape index (κ2) is 8.06. The van der Waals surface area contributed by atoms with Gasteiger partial charge in [-0.1, -0.05) is 42.5 Å². The summed E-state index contributed by atoms with van der Waals surface area (Å²) in [6, 6.07) is 17.0. The van der Waals surface area contributed by atoms with Crippen LogP contribution in [0.15, 0.2) is 59.4 Å². The number of hydrogen-bond donors (Lipinski definition) is 2. The number of aromatic nitrogens is 3. The first-order chi connectivity index (χ1) is 12.6. The number of hydrogen-bond acceptors (Lipinski definition) is 5. The largest absolute Gasteiger partial charge is 0.489 e. The minimum atomic E-state index is -0.987. The highest BCUT2D eigenvalue weighted by Crippen LogP contribution is 2.20. The maximum absolute atomic E-state index is 12.0. The highest BCUT2D eigenvalue weighted by molar-refractivity contribution is 5.67. The summed E-state index contributed by atoms with van der Waals surface area (Å²) in [5.41, 5.74) is 1.37. The van der Waals surface area contributed by atoms with Gasteiger partial charge in [0.15, 0.2) is 5.82 Å². The zero-order valence-electron chi connectivity index (χ0n) is 13.9. The van der Waals surface area contributed by atoms with Crippen molar-refractivity contribution >= 4 is 5.97 Å². The van der Waals surface area contributed by atoms with E-state index in [4.69, 9.17) is 9.84 Å². The van der Waals surface area contributed by atoms with Crippen molar-refractivity contribution in [3.8, 4) is 17.1 Å². The van der Waals surface area contributed by atoms with Crippen LogP contribution >= 0.6 is 0 Å². The topological polar surface area (TPSA) is 105 Å². The normalized spacial score (nSPS) is 10.5. The monoisotopic (exact) mass is 351 g/mol. The van der Waals surface area contributed by atoms with Crippen molar-refractivity contribution in [2.75, 3.05) is 0 Å². The number of aromatic amines is 1. The van der Waals surface area contributed by atoms with Crippen LogP contribution in [0.1, 0.15) is 17.7 Å². The molecule has 0 saturated carbocycles. The molecule has 26 heavy (non-hydrogen) atoms. The Balaban J connectivity index is 1.74. The van der Waals surface area contributed by atoms with E-state index in [0.29, 0.717) is 23.7 Å². The molecule has 1 aromatic heterocycles. The predicted octanol–water partition coefficient (Wildman–Crippen LogP) is 2.43. The Kier molecular flexibility index (Phi) is 5.38. The second-order valence-corrected chi connectivity index (χ2v) is 5.65. The number of H-pyrrole nitrogens is 1. The number of nitrogens with one attached hydrogen (secondary N) is 1. The van der Waals surface area contributed by atoms with Gasteiger partial charge in [-0.15, -0.1) is 10.2 Å². The molecule has 7 nitrogen and oxygen atoms in total. The van der Waals surface area contributed by atoms with E-state index in [1.54, 1.807) is 18.2 Å². The lowest BCUT2D eigenvalue weighted by molar-refractivity contribution is -0.136. The molecule has 0 amide bonds. The average Bonchev–Trinajstić information content (AvgIpc) is 2.66. The van der Waals surface area contributed by atoms with Gasteiger partial charge in [0.25, 0.3) is 5.56 Å². The van der Waals surface area contributed by atoms with E-state index >= 15 is 0 Å². The van der Waals surface area contributed by atoms with E-state index in [-0.39, 0.29) is 18.5 Å². The Morgan fingerprint density at radius 2 is 1.88 bits per heavy atom. The van der Waals surface area contributed by atoms with Crippen LogP contribution in [0.25, 0.3) is 11.4 Å². The predicted molar refractivity (Wildman–Crippen MR) is 94.8 cm³/mol. The van der Waals surface area contributed by atoms with Crippen LogP contribution in [0.2, 0.25) is 0 Å².